The highest BCUT2D eigenvalue weighted by Crippen LogP contribution is 2.19. The van der Waals surface area contributed by atoms with Gasteiger partial charge in [-0.3, -0.25) is 9.69 Å². The molecule has 6 heteroatoms. The number of hydrogen-bond acceptors (Lipinski definition) is 5. The average Bonchev–Trinajstić information content (AvgIpc) is 3.10. The number of carbonyl (C=O) groups excluding carboxylic acids is 1. The summed E-state index contributed by atoms with van der Waals surface area (Å²) in [5.41, 5.74) is 3.84. The molecule has 6 nitrogen and oxygen atoms in total. The lowest BCUT2D eigenvalue weighted by atomic mass is 10.1. The van der Waals surface area contributed by atoms with Crippen LogP contribution in [0.5, 0.6) is 0 Å². The molecule has 0 atom stereocenters. The van der Waals surface area contributed by atoms with Crippen molar-refractivity contribution in [3.8, 4) is 11.5 Å². The van der Waals surface area contributed by atoms with Crippen LogP contribution in [0.25, 0.3) is 11.5 Å². The second kappa shape index (κ2) is 7.93. The second-order valence-corrected chi connectivity index (χ2v) is 6.32. The van der Waals surface area contributed by atoms with E-state index in [0.717, 1.165) is 23.2 Å². The van der Waals surface area contributed by atoms with Crippen molar-refractivity contribution >= 4 is 5.91 Å². The Morgan fingerprint density at radius 1 is 1.12 bits per heavy atom. The summed E-state index contributed by atoms with van der Waals surface area (Å²) in [5.74, 6) is 1.03. The average molecular weight is 350 g/mol. The highest BCUT2D eigenvalue weighted by atomic mass is 16.4. The van der Waals surface area contributed by atoms with Crippen LogP contribution in [0.15, 0.2) is 52.9 Å². The van der Waals surface area contributed by atoms with E-state index in [1.54, 1.807) is 7.05 Å². The maximum absolute atomic E-state index is 11.6. The molecule has 1 aromatic heterocycles. The van der Waals surface area contributed by atoms with E-state index >= 15 is 0 Å². The minimum atomic E-state index is -0.0838. The van der Waals surface area contributed by atoms with Crippen LogP contribution >= 0.6 is 0 Å². The number of rotatable bonds is 6. The van der Waals surface area contributed by atoms with E-state index in [2.05, 4.69) is 20.4 Å². The lowest BCUT2D eigenvalue weighted by Crippen LogP contribution is -2.19. The Morgan fingerprint density at radius 3 is 2.58 bits per heavy atom. The van der Waals surface area contributed by atoms with E-state index in [-0.39, 0.29) is 5.91 Å². The molecular formula is C20H22N4O2. The zero-order valence-electron chi connectivity index (χ0n) is 15.2. The molecule has 3 rings (SSSR count). The van der Waals surface area contributed by atoms with Crippen LogP contribution < -0.4 is 5.32 Å². The molecule has 0 aliphatic rings. The molecule has 0 saturated carbocycles. The fourth-order valence-corrected chi connectivity index (χ4v) is 2.72. The Labute approximate surface area is 152 Å². The number of nitrogens with zero attached hydrogens (tertiary/aromatic N) is 3. The molecule has 0 unspecified atom stereocenters. The van der Waals surface area contributed by atoms with Crippen molar-refractivity contribution in [3.63, 3.8) is 0 Å². The lowest BCUT2D eigenvalue weighted by molar-refractivity contribution is 0.0963. The van der Waals surface area contributed by atoms with Gasteiger partial charge in [-0.1, -0.05) is 29.8 Å². The molecule has 26 heavy (non-hydrogen) atoms. The normalized spacial score (nSPS) is 10.9. The van der Waals surface area contributed by atoms with Crippen LogP contribution in [0.1, 0.15) is 27.4 Å². The van der Waals surface area contributed by atoms with Crippen molar-refractivity contribution in [2.45, 2.75) is 20.0 Å². The molecular weight excluding hydrogens is 328 g/mol. The van der Waals surface area contributed by atoms with Crippen LogP contribution in [0, 0.1) is 6.92 Å². The zero-order valence-corrected chi connectivity index (χ0v) is 15.2. The van der Waals surface area contributed by atoms with E-state index in [0.29, 0.717) is 23.9 Å². The van der Waals surface area contributed by atoms with Gasteiger partial charge in [-0.2, -0.15) is 0 Å². The molecule has 0 saturated heterocycles. The van der Waals surface area contributed by atoms with Gasteiger partial charge in [-0.05, 0) is 43.8 Å². The Kier molecular flexibility index (Phi) is 5.43. The molecule has 0 fully saturated rings. The first-order valence-corrected chi connectivity index (χ1v) is 8.44. The molecule has 1 heterocycles. The third-order valence-electron chi connectivity index (χ3n) is 4.03. The van der Waals surface area contributed by atoms with E-state index in [1.807, 2.05) is 62.5 Å². The van der Waals surface area contributed by atoms with Gasteiger partial charge in [0.2, 0.25) is 11.8 Å². The van der Waals surface area contributed by atoms with Crippen molar-refractivity contribution < 1.29 is 9.21 Å². The summed E-state index contributed by atoms with van der Waals surface area (Å²) in [5, 5.41) is 10.9. The molecule has 0 radical (unpaired) electrons. The molecule has 0 spiro atoms. The molecule has 0 aliphatic heterocycles. The quantitative estimate of drug-likeness (QED) is 0.740. The molecule has 1 amide bonds. The van der Waals surface area contributed by atoms with Crippen molar-refractivity contribution in [2.24, 2.45) is 0 Å². The summed E-state index contributed by atoms with van der Waals surface area (Å²) >= 11 is 0. The molecule has 0 aliphatic carbocycles. The second-order valence-electron chi connectivity index (χ2n) is 6.32. The van der Waals surface area contributed by atoms with E-state index in [1.165, 1.54) is 0 Å². The number of benzene rings is 2. The number of nitrogens with one attached hydrogen (secondary N) is 1. The molecule has 3 aromatic rings. The Balaban J connectivity index is 1.62. The number of carbonyl (C=O) groups is 1. The maximum Gasteiger partial charge on any atom is 0.251 e. The summed E-state index contributed by atoms with van der Waals surface area (Å²) in [7, 11) is 3.61. The highest BCUT2D eigenvalue weighted by Gasteiger charge is 2.11. The minimum Gasteiger partial charge on any atom is -0.419 e. The van der Waals surface area contributed by atoms with Crippen molar-refractivity contribution in [1.82, 2.24) is 20.4 Å². The zero-order chi connectivity index (χ0) is 18.5. The summed E-state index contributed by atoms with van der Waals surface area (Å²) in [6.07, 6.45) is 0. The van der Waals surface area contributed by atoms with Gasteiger partial charge in [0, 0.05) is 24.7 Å². The van der Waals surface area contributed by atoms with E-state index in [4.69, 9.17) is 4.42 Å². The van der Waals surface area contributed by atoms with Crippen LogP contribution in [-0.2, 0) is 13.1 Å². The van der Waals surface area contributed by atoms with E-state index in [9.17, 15) is 4.79 Å². The third kappa shape index (κ3) is 4.34. The molecule has 1 N–H and O–H groups in total. The maximum atomic E-state index is 11.6. The van der Waals surface area contributed by atoms with Crippen LogP contribution in [0.3, 0.4) is 0 Å². The molecule has 134 valence electrons. The van der Waals surface area contributed by atoms with Crippen molar-refractivity contribution in [3.05, 3.63) is 71.1 Å². The monoisotopic (exact) mass is 350 g/mol. The predicted octanol–water partition coefficient (Wildman–Crippen LogP) is 3.04. The van der Waals surface area contributed by atoms with Gasteiger partial charge in [0.1, 0.15) is 0 Å². The van der Waals surface area contributed by atoms with Crippen molar-refractivity contribution in [2.75, 3.05) is 14.1 Å². The Morgan fingerprint density at radius 2 is 1.88 bits per heavy atom. The first-order chi connectivity index (χ1) is 12.5. The molecule has 0 bridgehead atoms. The van der Waals surface area contributed by atoms with Gasteiger partial charge >= 0.3 is 0 Å². The smallest absolute Gasteiger partial charge is 0.251 e. The van der Waals surface area contributed by atoms with Gasteiger partial charge in [0.05, 0.1) is 6.54 Å². The number of aromatic nitrogens is 2. The largest absolute Gasteiger partial charge is 0.419 e. The Hall–Kier alpha value is -2.99. The minimum absolute atomic E-state index is 0.0838. The third-order valence-corrected chi connectivity index (χ3v) is 4.03. The van der Waals surface area contributed by atoms with Gasteiger partial charge < -0.3 is 9.73 Å². The number of hydrogen-bond donors (Lipinski definition) is 1. The SMILES string of the molecule is CNC(=O)c1ccc(CN(C)Cc2nnc(-c3cccc(C)c3)o2)cc1. The first kappa shape index (κ1) is 17.8. The summed E-state index contributed by atoms with van der Waals surface area (Å²) in [6, 6.07) is 15.5. The Bertz CT molecular complexity index is 887. The lowest BCUT2D eigenvalue weighted by Gasteiger charge is -2.14. The van der Waals surface area contributed by atoms with E-state index < -0.39 is 0 Å². The first-order valence-electron chi connectivity index (χ1n) is 8.44. The fourth-order valence-electron chi connectivity index (χ4n) is 2.72. The van der Waals surface area contributed by atoms with Gasteiger partial charge in [0.25, 0.3) is 5.91 Å². The van der Waals surface area contributed by atoms with Gasteiger partial charge in [0.15, 0.2) is 0 Å². The topological polar surface area (TPSA) is 71.3 Å². The summed E-state index contributed by atoms with van der Waals surface area (Å²) in [4.78, 5) is 13.7. The standard InChI is InChI=1S/C20H22N4O2/c1-14-5-4-6-17(11-14)20-23-22-18(26-20)13-24(3)12-15-7-9-16(10-8-15)19(25)21-2/h4-11H,12-13H2,1-3H3,(H,21,25). The highest BCUT2D eigenvalue weighted by molar-refractivity contribution is 5.93. The van der Waals surface area contributed by atoms with Crippen molar-refractivity contribution in [1.29, 1.82) is 0 Å². The van der Waals surface area contributed by atoms with Crippen LogP contribution in [-0.4, -0.2) is 35.1 Å². The summed E-state index contributed by atoms with van der Waals surface area (Å²) < 4.78 is 5.78. The van der Waals surface area contributed by atoms with Gasteiger partial charge in [-0.15, -0.1) is 10.2 Å². The number of aryl methyl sites for hydroxylation is 1. The summed E-state index contributed by atoms with van der Waals surface area (Å²) in [6.45, 7) is 3.30. The molecule has 2 aromatic carbocycles. The predicted molar refractivity (Wildman–Crippen MR) is 99.5 cm³/mol. The van der Waals surface area contributed by atoms with Crippen LogP contribution in [0.4, 0.5) is 0 Å². The number of amides is 1. The van der Waals surface area contributed by atoms with Gasteiger partial charge in [-0.25, -0.2) is 0 Å². The fraction of sp³-hybridized carbons (Fsp3) is 0.250. The van der Waals surface area contributed by atoms with Crippen LogP contribution in [0.2, 0.25) is 0 Å².